The third kappa shape index (κ3) is 2.06. The van der Waals surface area contributed by atoms with Crippen LogP contribution in [0.2, 0.25) is 0 Å². The third-order valence-corrected chi connectivity index (χ3v) is 1.71. The van der Waals surface area contributed by atoms with Crippen LogP contribution in [0.1, 0.15) is 6.92 Å². The lowest BCUT2D eigenvalue weighted by Gasteiger charge is -2.05. The summed E-state index contributed by atoms with van der Waals surface area (Å²) < 4.78 is 6.68. The maximum absolute atomic E-state index is 5.25. The maximum Gasteiger partial charge on any atom is 0.323 e. The van der Waals surface area contributed by atoms with Crippen LogP contribution < -0.4 is 16.0 Å². The Labute approximate surface area is 91.5 Å². The number of nitrogens with one attached hydrogen (secondary N) is 1. The van der Waals surface area contributed by atoms with Crippen LogP contribution in [-0.2, 0) is 0 Å². The molecule has 0 aliphatic carbocycles. The number of rotatable bonds is 4. The SMILES string of the molecule is CCOc1nc(NN)nc(-n2cccn2)n1. The average molecular weight is 221 g/mol. The summed E-state index contributed by atoms with van der Waals surface area (Å²) in [6.07, 6.45) is 3.34. The molecule has 0 saturated heterocycles. The van der Waals surface area contributed by atoms with Gasteiger partial charge < -0.3 is 4.74 Å². The van der Waals surface area contributed by atoms with Crippen molar-refractivity contribution >= 4 is 5.95 Å². The highest BCUT2D eigenvalue weighted by Crippen LogP contribution is 2.09. The number of nitrogens with zero attached hydrogens (tertiary/aromatic N) is 5. The van der Waals surface area contributed by atoms with Gasteiger partial charge in [0.05, 0.1) is 6.61 Å². The van der Waals surface area contributed by atoms with Crippen LogP contribution in [0.15, 0.2) is 18.5 Å². The van der Waals surface area contributed by atoms with Gasteiger partial charge in [0.25, 0.3) is 5.95 Å². The Bertz CT molecular complexity index is 455. The fourth-order valence-electron chi connectivity index (χ4n) is 1.09. The van der Waals surface area contributed by atoms with E-state index in [4.69, 9.17) is 10.6 Å². The second-order valence-corrected chi connectivity index (χ2v) is 2.77. The van der Waals surface area contributed by atoms with E-state index >= 15 is 0 Å². The van der Waals surface area contributed by atoms with Crippen LogP contribution in [0, 0.1) is 0 Å². The Kier molecular flexibility index (Phi) is 2.92. The normalized spacial score (nSPS) is 10.1. The van der Waals surface area contributed by atoms with Gasteiger partial charge in [0.2, 0.25) is 5.95 Å². The van der Waals surface area contributed by atoms with Crippen LogP contribution in [-0.4, -0.2) is 31.3 Å². The third-order valence-electron chi connectivity index (χ3n) is 1.71. The topological polar surface area (TPSA) is 104 Å². The number of ether oxygens (including phenoxy) is 1. The molecule has 0 spiro atoms. The molecule has 0 bridgehead atoms. The van der Waals surface area contributed by atoms with E-state index in [1.54, 1.807) is 18.5 Å². The number of nitrogens with two attached hydrogens (primary N) is 1. The summed E-state index contributed by atoms with van der Waals surface area (Å²) in [5.74, 6) is 5.82. The molecule has 2 heterocycles. The fourth-order valence-corrected chi connectivity index (χ4v) is 1.09. The second-order valence-electron chi connectivity index (χ2n) is 2.77. The molecule has 2 rings (SSSR count). The number of anilines is 1. The summed E-state index contributed by atoms with van der Waals surface area (Å²) >= 11 is 0. The molecule has 0 fully saturated rings. The minimum Gasteiger partial charge on any atom is -0.464 e. The lowest BCUT2D eigenvalue weighted by molar-refractivity contribution is 0.311. The Morgan fingerprint density at radius 2 is 2.31 bits per heavy atom. The molecule has 2 aromatic rings. The van der Waals surface area contributed by atoms with E-state index in [-0.39, 0.29) is 12.0 Å². The molecule has 16 heavy (non-hydrogen) atoms. The van der Waals surface area contributed by atoms with Crippen molar-refractivity contribution in [2.24, 2.45) is 5.84 Å². The van der Waals surface area contributed by atoms with Gasteiger partial charge in [-0.3, -0.25) is 5.43 Å². The average Bonchev–Trinajstić information content (AvgIpc) is 2.82. The summed E-state index contributed by atoms with van der Waals surface area (Å²) in [7, 11) is 0. The Balaban J connectivity index is 2.41. The van der Waals surface area contributed by atoms with Crippen LogP contribution >= 0.6 is 0 Å². The summed E-state index contributed by atoms with van der Waals surface area (Å²) in [6, 6.07) is 1.97. The lowest BCUT2D eigenvalue weighted by Crippen LogP contribution is -2.14. The van der Waals surface area contributed by atoms with Crippen molar-refractivity contribution < 1.29 is 4.74 Å². The van der Waals surface area contributed by atoms with Crippen molar-refractivity contribution in [3.8, 4) is 12.0 Å². The van der Waals surface area contributed by atoms with Gasteiger partial charge in [0.15, 0.2) is 0 Å². The summed E-state index contributed by atoms with van der Waals surface area (Å²) in [5.41, 5.74) is 2.34. The highest BCUT2D eigenvalue weighted by molar-refractivity contribution is 5.28. The molecule has 0 aliphatic rings. The molecule has 2 aromatic heterocycles. The molecule has 0 amide bonds. The van der Waals surface area contributed by atoms with Crippen LogP contribution in [0.5, 0.6) is 6.01 Å². The zero-order valence-electron chi connectivity index (χ0n) is 8.66. The van der Waals surface area contributed by atoms with Gasteiger partial charge in [-0.05, 0) is 13.0 Å². The first-order valence-corrected chi connectivity index (χ1v) is 4.69. The number of hydrazine groups is 1. The van der Waals surface area contributed by atoms with Gasteiger partial charge in [-0.1, -0.05) is 0 Å². The van der Waals surface area contributed by atoms with E-state index in [1.165, 1.54) is 4.68 Å². The molecule has 8 heteroatoms. The smallest absolute Gasteiger partial charge is 0.323 e. The van der Waals surface area contributed by atoms with Crippen LogP contribution in [0.25, 0.3) is 5.95 Å². The highest BCUT2D eigenvalue weighted by atomic mass is 16.5. The number of hydrogen-bond donors (Lipinski definition) is 2. The van der Waals surface area contributed by atoms with Crippen molar-refractivity contribution in [3.05, 3.63) is 18.5 Å². The summed E-state index contributed by atoms with van der Waals surface area (Å²) in [5, 5.41) is 4.00. The first-order valence-electron chi connectivity index (χ1n) is 4.69. The molecular weight excluding hydrogens is 210 g/mol. The predicted octanol–water partition coefficient (Wildman–Crippen LogP) is -0.258. The van der Waals surface area contributed by atoms with Gasteiger partial charge in [0, 0.05) is 12.4 Å². The standard InChI is InChI=1S/C8H11N7O/c1-2-16-8-12-6(14-9)11-7(13-8)15-5-3-4-10-15/h3-5H,2,9H2,1H3,(H,11,12,13,14). The van der Waals surface area contributed by atoms with Gasteiger partial charge in [-0.2, -0.15) is 20.1 Å². The zero-order chi connectivity index (χ0) is 11.4. The van der Waals surface area contributed by atoms with Crippen molar-refractivity contribution in [2.45, 2.75) is 6.92 Å². The maximum atomic E-state index is 5.25. The molecule has 0 unspecified atom stereocenters. The van der Waals surface area contributed by atoms with Crippen molar-refractivity contribution in [3.63, 3.8) is 0 Å². The van der Waals surface area contributed by atoms with Crippen molar-refractivity contribution in [1.82, 2.24) is 24.7 Å². The summed E-state index contributed by atoms with van der Waals surface area (Å²) in [6.45, 7) is 2.31. The quantitative estimate of drug-likeness (QED) is 0.541. The molecule has 0 aromatic carbocycles. The van der Waals surface area contributed by atoms with E-state index in [2.05, 4.69) is 25.5 Å². The fraction of sp³-hybridized carbons (Fsp3) is 0.250. The van der Waals surface area contributed by atoms with Crippen molar-refractivity contribution in [1.29, 1.82) is 0 Å². The first-order chi connectivity index (χ1) is 7.83. The van der Waals surface area contributed by atoms with E-state index < -0.39 is 0 Å². The molecule has 84 valence electrons. The molecule has 0 radical (unpaired) electrons. The number of aromatic nitrogens is 5. The van der Waals surface area contributed by atoms with Gasteiger partial charge in [0.1, 0.15) is 0 Å². The number of nitrogen functional groups attached to an aromatic ring is 1. The lowest BCUT2D eigenvalue weighted by atomic mass is 10.7. The highest BCUT2D eigenvalue weighted by Gasteiger charge is 2.07. The molecular formula is C8H11N7O. The van der Waals surface area contributed by atoms with E-state index in [0.717, 1.165) is 0 Å². The zero-order valence-corrected chi connectivity index (χ0v) is 8.66. The molecule has 0 saturated carbocycles. The molecule has 8 nitrogen and oxygen atoms in total. The Hall–Kier alpha value is -2.22. The Morgan fingerprint density at radius 3 is 2.94 bits per heavy atom. The van der Waals surface area contributed by atoms with E-state index in [0.29, 0.717) is 12.6 Å². The van der Waals surface area contributed by atoms with Crippen LogP contribution in [0.4, 0.5) is 5.95 Å². The minimum atomic E-state index is 0.205. The largest absolute Gasteiger partial charge is 0.464 e. The van der Waals surface area contributed by atoms with E-state index in [9.17, 15) is 0 Å². The Morgan fingerprint density at radius 1 is 1.44 bits per heavy atom. The van der Waals surface area contributed by atoms with E-state index in [1.807, 2.05) is 6.92 Å². The number of hydrogen-bond acceptors (Lipinski definition) is 7. The van der Waals surface area contributed by atoms with Gasteiger partial charge in [-0.15, -0.1) is 0 Å². The first kappa shape index (κ1) is 10.3. The van der Waals surface area contributed by atoms with Crippen LogP contribution in [0.3, 0.4) is 0 Å². The van der Waals surface area contributed by atoms with Gasteiger partial charge in [-0.25, -0.2) is 10.5 Å². The monoisotopic (exact) mass is 221 g/mol. The van der Waals surface area contributed by atoms with Crippen molar-refractivity contribution in [2.75, 3.05) is 12.0 Å². The molecule has 0 atom stereocenters. The minimum absolute atomic E-state index is 0.205. The second kappa shape index (κ2) is 4.53. The van der Waals surface area contributed by atoms with Gasteiger partial charge >= 0.3 is 6.01 Å². The molecule has 0 aliphatic heterocycles. The summed E-state index contributed by atoms with van der Waals surface area (Å²) in [4.78, 5) is 12.0. The molecule has 3 N–H and O–H groups in total. The predicted molar refractivity (Wildman–Crippen MR) is 55.9 cm³/mol.